The van der Waals surface area contributed by atoms with Crippen molar-refractivity contribution in [3.63, 3.8) is 0 Å². The number of rotatable bonds is 7. The minimum absolute atomic E-state index is 0.0206. The van der Waals surface area contributed by atoms with E-state index in [2.05, 4.69) is 20.6 Å². The van der Waals surface area contributed by atoms with Gasteiger partial charge in [-0.05, 0) is 41.3 Å². The largest absolute Gasteiger partial charge is 0.417 e. The van der Waals surface area contributed by atoms with Gasteiger partial charge in [-0.25, -0.2) is 9.97 Å². The standard InChI is InChI=1S/C23H17ClF3N5O2S/c24-18-4-3-12(6-17(18)23(25,26)27)10-29-22-16-8-13(32-19(33)9-14-2-1-5-35-14)7-15(21(28)34)20(16)30-11-31-22/h1-8,11H,9-10H2,(H2,28,34)(H,32,33)(H,29,30,31). The highest BCUT2D eigenvalue weighted by molar-refractivity contribution is 7.10. The van der Waals surface area contributed by atoms with Crippen LogP contribution in [0.1, 0.15) is 26.4 Å². The molecule has 0 aliphatic rings. The van der Waals surface area contributed by atoms with Gasteiger partial charge in [0.15, 0.2) is 0 Å². The van der Waals surface area contributed by atoms with E-state index in [1.807, 2.05) is 17.5 Å². The van der Waals surface area contributed by atoms with Crippen LogP contribution in [0.15, 0.2) is 54.2 Å². The van der Waals surface area contributed by atoms with Crippen LogP contribution in [0, 0.1) is 0 Å². The molecule has 0 fully saturated rings. The molecule has 0 unspecified atom stereocenters. The first-order valence-corrected chi connectivity index (χ1v) is 11.4. The Morgan fingerprint density at radius 3 is 2.60 bits per heavy atom. The number of thiophene rings is 1. The summed E-state index contributed by atoms with van der Waals surface area (Å²) in [5.74, 6) is -0.814. The topological polar surface area (TPSA) is 110 Å². The van der Waals surface area contributed by atoms with Gasteiger partial charge in [0.2, 0.25) is 5.91 Å². The van der Waals surface area contributed by atoms with E-state index in [1.165, 1.54) is 35.9 Å². The minimum Gasteiger partial charge on any atom is -0.366 e. The number of aromatic nitrogens is 2. The first kappa shape index (κ1) is 24.4. The number of fused-ring (bicyclic) bond motifs is 1. The molecule has 35 heavy (non-hydrogen) atoms. The van der Waals surface area contributed by atoms with Crippen LogP contribution in [0.5, 0.6) is 0 Å². The van der Waals surface area contributed by atoms with Crippen molar-refractivity contribution in [1.29, 1.82) is 0 Å². The number of anilines is 2. The molecule has 2 aromatic carbocycles. The highest BCUT2D eigenvalue weighted by Gasteiger charge is 2.33. The van der Waals surface area contributed by atoms with Crippen molar-refractivity contribution in [3.05, 3.63) is 80.8 Å². The Hall–Kier alpha value is -3.70. The lowest BCUT2D eigenvalue weighted by molar-refractivity contribution is -0.137. The Kier molecular flexibility index (Phi) is 6.90. The molecule has 0 aliphatic carbocycles. The van der Waals surface area contributed by atoms with E-state index in [9.17, 15) is 22.8 Å². The predicted molar refractivity (Wildman–Crippen MR) is 128 cm³/mol. The third-order valence-electron chi connectivity index (χ3n) is 5.00. The Bertz CT molecular complexity index is 1410. The van der Waals surface area contributed by atoms with Gasteiger partial charge < -0.3 is 16.4 Å². The van der Waals surface area contributed by atoms with Gasteiger partial charge in [-0.3, -0.25) is 9.59 Å². The number of nitrogens with one attached hydrogen (secondary N) is 2. The summed E-state index contributed by atoms with van der Waals surface area (Å²) in [6.07, 6.45) is -3.24. The number of carbonyl (C=O) groups excluding carboxylic acids is 2. The van der Waals surface area contributed by atoms with Crippen molar-refractivity contribution in [2.45, 2.75) is 19.1 Å². The molecule has 0 saturated carbocycles. The van der Waals surface area contributed by atoms with Gasteiger partial charge in [0, 0.05) is 22.5 Å². The number of halogens is 4. The Morgan fingerprint density at radius 1 is 1.11 bits per heavy atom. The molecular weight excluding hydrogens is 503 g/mol. The van der Waals surface area contributed by atoms with Crippen LogP contribution in [-0.4, -0.2) is 21.8 Å². The lowest BCUT2D eigenvalue weighted by atomic mass is 10.1. The van der Waals surface area contributed by atoms with Gasteiger partial charge >= 0.3 is 6.18 Å². The van der Waals surface area contributed by atoms with Gasteiger partial charge in [0.05, 0.1) is 28.1 Å². The van der Waals surface area contributed by atoms with Gasteiger partial charge in [0.1, 0.15) is 12.1 Å². The number of carbonyl (C=O) groups is 2. The fraction of sp³-hybridized carbons (Fsp3) is 0.130. The average molecular weight is 520 g/mol. The quantitative estimate of drug-likeness (QED) is 0.309. The van der Waals surface area contributed by atoms with Crippen LogP contribution in [0.4, 0.5) is 24.7 Å². The molecule has 0 spiro atoms. The monoisotopic (exact) mass is 519 g/mol. The molecule has 12 heteroatoms. The number of amides is 2. The SMILES string of the molecule is NC(=O)c1cc(NC(=O)Cc2cccs2)cc2c(NCc3ccc(Cl)c(C(F)(F)F)c3)ncnc12. The van der Waals surface area contributed by atoms with E-state index >= 15 is 0 Å². The molecule has 2 aromatic heterocycles. The number of hydrogen-bond acceptors (Lipinski definition) is 6. The van der Waals surface area contributed by atoms with Crippen LogP contribution in [-0.2, 0) is 23.9 Å². The lowest BCUT2D eigenvalue weighted by Gasteiger charge is -2.14. The molecule has 7 nitrogen and oxygen atoms in total. The second-order valence-corrected chi connectivity index (χ2v) is 8.92. The van der Waals surface area contributed by atoms with Crippen LogP contribution >= 0.6 is 22.9 Å². The minimum atomic E-state index is -4.60. The van der Waals surface area contributed by atoms with Crippen LogP contribution in [0.2, 0.25) is 5.02 Å². The van der Waals surface area contributed by atoms with E-state index in [4.69, 9.17) is 17.3 Å². The van der Waals surface area contributed by atoms with Gasteiger partial charge in [-0.2, -0.15) is 13.2 Å². The molecule has 4 N–H and O–H groups in total. The lowest BCUT2D eigenvalue weighted by Crippen LogP contribution is -2.17. The molecule has 0 bridgehead atoms. The third-order valence-corrected chi connectivity index (χ3v) is 6.20. The van der Waals surface area contributed by atoms with Gasteiger partial charge in [-0.1, -0.05) is 23.7 Å². The van der Waals surface area contributed by atoms with Crippen molar-refractivity contribution in [1.82, 2.24) is 9.97 Å². The summed E-state index contributed by atoms with van der Waals surface area (Å²) in [7, 11) is 0. The molecule has 180 valence electrons. The van der Waals surface area contributed by atoms with Crippen molar-refractivity contribution in [2.75, 3.05) is 10.6 Å². The van der Waals surface area contributed by atoms with E-state index < -0.39 is 22.7 Å². The molecule has 0 radical (unpaired) electrons. The zero-order chi connectivity index (χ0) is 25.2. The number of hydrogen-bond donors (Lipinski definition) is 3. The van der Waals surface area contributed by atoms with E-state index in [-0.39, 0.29) is 35.8 Å². The summed E-state index contributed by atoms with van der Waals surface area (Å²) < 4.78 is 39.6. The van der Waals surface area contributed by atoms with Crippen LogP contribution in [0.25, 0.3) is 10.9 Å². The second-order valence-electron chi connectivity index (χ2n) is 7.48. The number of nitrogens with two attached hydrogens (primary N) is 1. The summed E-state index contributed by atoms with van der Waals surface area (Å²) >= 11 is 7.13. The van der Waals surface area contributed by atoms with E-state index in [0.29, 0.717) is 16.6 Å². The average Bonchev–Trinajstić information content (AvgIpc) is 3.30. The number of benzene rings is 2. The van der Waals surface area contributed by atoms with Crippen molar-refractivity contribution in [3.8, 4) is 0 Å². The summed E-state index contributed by atoms with van der Waals surface area (Å²) in [6.45, 7) is -0.0206. The fourth-order valence-electron chi connectivity index (χ4n) is 3.43. The summed E-state index contributed by atoms with van der Waals surface area (Å²) in [5.41, 5.74) is 5.49. The molecule has 0 saturated heterocycles. The Morgan fingerprint density at radius 2 is 1.91 bits per heavy atom. The van der Waals surface area contributed by atoms with Gasteiger partial charge in [0.25, 0.3) is 5.91 Å². The molecule has 2 heterocycles. The number of primary amides is 1. The summed E-state index contributed by atoms with van der Waals surface area (Å²) in [5, 5.41) is 7.52. The van der Waals surface area contributed by atoms with Crippen LogP contribution in [0.3, 0.4) is 0 Å². The van der Waals surface area contributed by atoms with Crippen molar-refractivity contribution >= 4 is 57.2 Å². The van der Waals surface area contributed by atoms with E-state index in [1.54, 1.807) is 6.07 Å². The third kappa shape index (κ3) is 5.69. The summed E-state index contributed by atoms with van der Waals surface area (Å²) in [6, 6.07) is 10.2. The molecule has 4 aromatic rings. The second kappa shape index (κ2) is 9.88. The molecule has 0 aliphatic heterocycles. The highest BCUT2D eigenvalue weighted by atomic mass is 35.5. The first-order chi connectivity index (χ1) is 16.6. The normalized spacial score (nSPS) is 11.4. The Balaban J connectivity index is 1.64. The summed E-state index contributed by atoms with van der Waals surface area (Å²) in [4.78, 5) is 33.7. The fourth-order valence-corrected chi connectivity index (χ4v) is 4.36. The Labute approximate surface area is 206 Å². The maximum Gasteiger partial charge on any atom is 0.417 e. The first-order valence-electron chi connectivity index (χ1n) is 10.1. The highest BCUT2D eigenvalue weighted by Crippen LogP contribution is 2.35. The number of nitrogens with zero attached hydrogens (tertiary/aromatic N) is 2. The number of alkyl halides is 3. The van der Waals surface area contributed by atoms with Gasteiger partial charge in [-0.15, -0.1) is 11.3 Å². The zero-order valence-corrected chi connectivity index (χ0v) is 19.4. The van der Waals surface area contributed by atoms with Crippen LogP contribution < -0.4 is 16.4 Å². The molecule has 4 rings (SSSR count). The van der Waals surface area contributed by atoms with Crippen molar-refractivity contribution in [2.24, 2.45) is 5.73 Å². The van der Waals surface area contributed by atoms with E-state index in [0.717, 1.165) is 10.9 Å². The smallest absolute Gasteiger partial charge is 0.366 e. The maximum atomic E-state index is 13.2. The van der Waals surface area contributed by atoms with Crippen molar-refractivity contribution < 1.29 is 22.8 Å². The predicted octanol–water partition coefficient (Wildman–Crippen LogP) is 5.26. The molecular formula is C23H17ClF3N5O2S. The maximum absolute atomic E-state index is 13.2. The molecule has 2 amide bonds. The molecule has 0 atom stereocenters. The zero-order valence-electron chi connectivity index (χ0n) is 17.8.